The molecule has 0 aliphatic rings. The summed E-state index contributed by atoms with van der Waals surface area (Å²) >= 11 is 0. The van der Waals surface area contributed by atoms with E-state index >= 15 is 0 Å². The summed E-state index contributed by atoms with van der Waals surface area (Å²) in [5.41, 5.74) is 1.15. The number of carboxylic acid groups (broad SMARTS) is 1. The first kappa shape index (κ1) is 21.6. The van der Waals surface area contributed by atoms with Crippen LogP contribution in [0, 0.1) is 11.6 Å². The minimum absolute atomic E-state index is 0.0141. The van der Waals surface area contributed by atoms with Gasteiger partial charge in [-0.25, -0.2) is 8.78 Å². The van der Waals surface area contributed by atoms with Crippen LogP contribution < -0.4 is 14.8 Å². The van der Waals surface area contributed by atoms with Crippen molar-refractivity contribution in [2.45, 2.75) is 31.7 Å². The van der Waals surface area contributed by atoms with Gasteiger partial charge in [0.25, 0.3) is 0 Å². The molecular formula is C21H25F2NO4. The van der Waals surface area contributed by atoms with E-state index in [0.29, 0.717) is 37.4 Å². The van der Waals surface area contributed by atoms with Crippen molar-refractivity contribution < 1.29 is 28.2 Å². The fourth-order valence-electron chi connectivity index (χ4n) is 3.08. The smallest absolute Gasteiger partial charge is 0.303 e. The third-order valence-electron chi connectivity index (χ3n) is 4.56. The number of hydrogen-bond acceptors (Lipinski definition) is 4. The molecule has 0 bridgehead atoms. The molecule has 7 heteroatoms. The number of benzene rings is 2. The number of rotatable bonds is 11. The van der Waals surface area contributed by atoms with Crippen LogP contribution in [0.5, 0.6) is 11.5 Å². The van der Waals surface area contributed by atoms with Crippen molar-refractivity contribution in [2.24, 2.45) is 0 Å². The second-order valence-corrected chi connectivity index (χ2v) is 6.43. The zero-order valence-corrected chi connectivity index (χ0v) is 16.0. The van der Waals surface area contributed by atoms with Crippen LogP contribution in [0.2, 0.25) is 0 Å². The van der Waals surface area contributed by atoms with Crippen LogP contribution in [-0.4, -0.2) is 31.8 Å². The number of nitrogens with one attached hydrogen (secondary N) is 1. The molecule has 0 saturated heterocycles. The van der Waals surface area contributed by atoms with Crippen molar-refractivity contribution in [3.8, 4) is 11.5 Å². The summed E-state index contributed by atoms with van der Waals surface area (Å²) in [4.78, 5) is 10.8. The van der Waals surface area contributed by atoms with Crippen LogP contribution in [0.15, 0.2) is 36.4 Å². The second-order valence-electron chi connectivity index (χ2n) is 6.43. The molecule has 2 N–H and O–H groups in total. The van der Waals surface area contributed by atoms with E-state index in [0.717, 1.165) is 11.6 Å². The predicted molar refractivity (Wildman–Crippen MR) is 102 cm³/mol. The molecule has 0 saturated carbocycles. The van der Waals surface area contributed by atoms with Crippen LogP contribution in [-0.2, 0) is 11.3 Å². The monoisotopic (exact) mass is 393 g/mol. The molecular weight excluding hydrogens is 368 g/mol. The van der Waals surface area contributed by atoms with Crippen molar-refractivity contribution in [1.82, 2.24) is 5.32 Å². The van der Waals surface area contributed by atoms with E-state index in [-0.39, 0.29) is 17.9 Å². The lowest BCUT2D eigenvalue weighted by molar-refractivity contribution is -0.137. The zero-order chi connectivity index (χ0) is 20.5. The third kappa shape index (κ3) is 5.92. The van der Waals surface area contributed by atoms with Gasteiger partial charge in [0.15, 0.2) is 11.6 Å². The molecule has 0 aliphatic heterocycles. The molecule has 2 aromatic rings. The molecule has 0 amide bonds. The topological polar surface area (TPSA) is 67.8 Å². The van der Waals surface area contributed by atoms with E-state index in [1.54, 1.807) is 26.4 Å². The Morgan fingerprint density at radius 3 is 2.64 bits per heavy atom. The highest BCUT2D eigenvalue weighted by Crippen LogP contribution is 2.27. The molecule has 0 spiro atoms. The van der Waals surface area contributed by atoms with Gasteiger partial charge in [-0.2, -0.15) is 0 Å². The molecule has 0 heterocycles. The molecule has 28 heavy (non-hydrogen) atoms. The second kappa shape index (κ2) is 10.6. The van der Waals surface area contributed by atoms with E-state index in [4.69, 9.17) is 14.6 Å². The van der Waals surface area contributed by atoms with Gasteiger partial charge in [-0.05, 0) is 36.5 Å². The molecule has 152 valence electrons. The molecule has 2 aromatic carbocycles. The van der Waals surface area contributed by atoms with Crippen molar-refractivity contribution >= 4 is 5.97 Å². The van der Waals surface area contributed by atoms with Crippen LogP contribution in [0.25, 0.3) is 0 Å². The van der Waals surface area contributed by atoms with Gasteiger partial charge in [-0.3, -0.25) is 4.79 Å². The first-order chi connectivity index (χ1) is 13.5. The Morgan fingerprint density at radius 1 is 1.18 bits per heavy atom. The molecule has 1 atom stereocenters. The van der Waals surface area contributed by atoms with Gasteiger partial charge in [0.05, 0.1) is 14.2 Å². The van der Waals surface area contributed by atoms with E-state index in [1.165, 1.54) is 6.07 Å². The number of methoxy groups -OCH3 is 2. The molecule has 0 fully saturated rings. The number of hydrogen-bond donors (Lipinski definition) is 2. The lowest BCUT2D eigenvalue weighted by Crippen LogP contribution is -2.23. The van der Waals surface area contributed by atoms with Gasteiger partial charge in [0, 0.05) is 31.1 Å². The fraction of sp³-hybridized carbons (Fsp3) is 0.381. The molecule has 2 rings (SSSR count). The number of carboxylic acids is 1. The number of carbonyl (C=O) groups is 1. The third-order valence-corrected chi connectivity index (χ3v) is 4.56. The van der Waals surface area contributed by atoms with Crippen molar-refractivity contribution in [3.63, 3.8) is 0 Å². The Labute approximate surface area is 163 Å². The van der Waals surface area contributed by atoms with Gasteiger partial charge < -0.3 is 19.9 Å². The highest BCUT2D eigenvalue weighted by molar-refractivity contribution is 5.66. The SMILES string of the molecule is COc1ccc(CNCC(CCCC(=O)O)c2cccc(F)c2F)c(OC)c1. The molecule has 0 radical (unpaired) electrons. The summed E-state index contributed by atoms with van der Waals surface area (Å²) in [5, 5.41) is 12.1. The first-order valence-electron chi connectivity index (χ1n) is 9.03. The van der Waals surface area contributed by atoms with E-state index in [2.05, 4.69) is 5.32 Å². The summed E-state index contributed by atoms with van der Waals surface area (Å²) in [6.07, 6.45) is 0.794. The van der Waals surface area contributed by atoms with E-state index < -0.39 is 17.6 Å². The number of halogens is 2. The Bertz CT molecular complexity index is 798. The summed E-state index contributed by atoms with van der Waals surface area (Å²) in [6, 6.07) is 9.53. The van der Waals surface area contributed by atoms with Gasteiger partial charge in [0.2, 0.25) is 0 Å². The largest absolute Gasteiger partial charge is 0.497 e. The highest BCUT2D eigenvalue weighted by atomic mass is 19.2. The molecule has 5 nitrogen and oxygen atoms in total. The Balaban J connectivity index is 2.08. The maximum Gasteiger partial charge on any atom is 0.303 e. The van der Waals surface area contributed by atoms with Crippen molar-refractivity contribution in [2.75, 3.05) is 20.8 Å². The van der Waals surface area contributed by atoms with Crippen LogP contribution in [0.1, 0.15) is 36.3 Å². The Hall–Kier alpha value is -2.67. The van der Waals surface area contributed by atoms with Crippen LogP contribution >= 0.6 is 0 Å². The Kier molecular flexibility index (Phi) is 8.19. The maximum atomic E-state index is 14.2. The normalized spacial score (nSPS) is 11.9. The molecule has 0 aromatic heterocycles. The quantitative estimate of drug-likeness (QED) is 0.601. The van der Waals surface area contributed by atoms with Crippen molar-refractivity contribution in [1.29, 1.82) is 0 Å². The van der Waals surface area contributed by atoms with E-state index in [1.807, 2.05) is 12.1 Å². The first-order valence-corrected chi connectivity index (χ1v) is 9.03. The lowest BCUT2D eigenvalue weighted by atomic mass is 9.92. The molecule has 0 aliphatic carbocycles. The fourth-order valence-corrected chi connectivity index (χ4v) is 3.08. The van der Waals surface area contributed by atoms with Gasteiger partial charge >= 0.3 is 5.97 Å². The lowest BCUT2D eigenvalue weighted by Gasteiger charge is -2.19. The average Bonchev–Trinajstić information content (AvgIpc) is 2.69. The summed E-state index contributed by atoms with van der Waals surface area (Å²) < 4.78 is 38.4. The number of ether oxygens (including phenoxy) is 2. The standard InChI is InChI=1S/C21H25F2NO4/c1-27-16-10-9-15(19(11-16)28-2)13-24-12-14(5-3-8-20(25)26)17-6-4-7-18(22)21(17)23/h4,6-7,9-11,14,24H,3,5,8,12-13H2,1-2H3,(H,25,26). The summed E-state index contributed by atoms with van der Waals surface area (Å²) in [7, 11) is 3.14. The molecule has 1 unspecified atom stereocenters. The zero-order valence-electron chi connectivity index (χ0n) is 16.0. The van der Waals surface area contributed by atoms with Crippen molar-refractivity contribution in [3.05, 3.63) is 59.2 Å². The average molecular weight is 393 g/mol. The minimum Gasteiger partial charge on any atom is -0.497 e. The summed E-state index contributed by atoms with van der Waals surface area (Å²) in [5.74, 6) is -1.71. The minimum atomic E-state index is -0.908. The summed E-state index contributed by atoms with van der Waals surface area (Å²) in [6.45, 7) is 0.828. The van der Waals surface area contributed by atoms with Gasteiger partial charge in [-0.15, -0.1) is 0 Å². The Morgan fingerprint density at radius 2 is 1.96 bits per heavy atom. The van der Waals surface area contributed by atoms with Crippen LogP contribution in [0.3, 0.4) is 0 Å². The highest BCUT2D eigenvalue weighted by Gasteiger charge is 2.19. The maximum absolute atomic E-state index is 14.2. The number of aliphatic carboxylic acids is 1. The van der Waals surface area contributed by atoms with Crippen LogP contribution in [0.4, 0.5) is 8.78 Å². The predicted octanol–water partition coefficient (Wildman–Crippen LogP) is 4.11. The van der Waals surface area contributed by atoms with Gasteiger partial charge in [0.1, 0.15) is 11.5 Å². The van der Waals surface area contributed by atoms with E-state index in [9.17, 15) is 13.6 Å². The van der Waals surface area contributed by atoms with Gasteiger partial charge in [-0.1, -0.05) is 18.2 Å².